The van der Waals surface area contributed by atoms with Crippen LogP contribution >= 0.6 is 0 Å². The molecule has 16 heavy (non-hydrogen) atoms. The number of hydrogen-bond donors (Lipinski definition) is 1. The van der Waals surface area contributed by atoms with Crippen LogP contribution in [0.4, 0.5) is 0 Å². The molecule has 0 bridgehead atoms. The molecule has 1 N–H and O–H groups in total. The highest BCUT2D eigenvalue weighted by atomic mass is 16.5. The molecule has 1 aromatic rings. The second-order valence-electron chi connectivity index (χ2n) is 4.00. The van der Waals surface area contributed by atoms with Gasteiger partial charge in [-0.15, -0.1) is 0 Å². The highest BCUT2D eigenvalue weighted by Crippen LogP contribution is 2.26. The van der Waals surface area contributed by atoms with Gasteiger partial charge in [-0.2, -0.15) is 0 Å². The van der Waals surface area contributed by atoms with E-state index in [2.05, 4.69) is 9.97 Å². The van der Waals surface area contributed by atoms with Crippen molar-refractivity contribution < 1.29 is 9.84 Å². The Kier molecular flexibility index (Phi) is 4.38. The molecule has 1 heterocycles. The number of rotatable bonds is 5. The first-order chi connectivity index (χ1) is 7.55. The van der Waals surface area contributed by atoms with Crippen LogP contribution in [0.15, 0.2) is 6.07 Å². The molecule has 0 aromatic carbocycles. The summed E-state index contributed by atoms with van der Waals surface area (Å²) in [6.07, 6.45) is 0.801. The van der Waals surface area contributed by atoms with Crippen molar-refractivity contribution in [3.8, 4) is 0 Å². The molecule has 0 saturated heterocycles. The summed E-state index contributed by atoms with van der Waals surface area (Å²) in [6, 6.07) is 1.78. The fourth-order valence-corrected chi connectivity index (χ4v) is 1.59. The third-order valence-corrected chi connectivity index (χ3v) is 2.68. The van der Waals surface area contributed by atoms with Crippen molar-refractivity contribution in [2.75, 3.05) is 6.61 Å². The minimum atomic E-state index is -0.468. The molecule has 1 atom stereocenters. The summed E-state index contributed by atoms with van der Waals surface area (Å²) >= 11 is 0. The molecule has 90 valence electrons. The van der Waals surface area contributed by atoms with Crippen LogP contribution in [-0.2, 0) is 16.9 Å². The third kappa shape index (κ3) is 2.77. The first-order valence-corrected chi connectivity index (χ1v) is 5.65. The summed E-state index contributed by atoms with van der Waals surface area (Å²) in [5.74, 6) is 0.654. The lowest BCUT2D eigenvalue weighted by Gasteiger charge is -2.27. The van der Waals surface area contributed by atoms with Gasteiger partial charge in [0.15, 0.2) is 5.82 Å². The fraction of sp³-hybridized carbons (Fsp3) is 0.667. The van der Waals surface area contributed by atoms with Crippen molar-refractivity contribution in [2.45, 2.75) is 46.3 Å². The lowest BCUT2D eigenvalue weighted by molar-refractivity contribution is -0.0394. The Hall–Kier alpha value is -1.00. The number of aliphatic hydroxyl groups excluding tert-OH is 1. The summed E-state index contributed by atoms with van der Waals surface area (Å²) in [5.41, 5.74) is 1.03. The molecule has 4 heteroatoms. The molecule has 0 spiro atoms. The molecular weight excluding hydrogens is 204 g/mol. The Morgan fingerprint density at radius 1 is 1.38 bits per heavy atom. The maximum atomic E-state index is 9.12. The minimum absolute atomic E-state index is 0.0672. The van der Waals surface area contributed by atoms with Crippen LogP contribution in [0.25, 0.3) is 0 Å². The molecule has 4 nitrogen and oxygen atoms in total. The van der Waals surface area contributed by atoms with Gasteiger partial charge in [-0.1, -0.05) is 6.92 Å². The summed E-state index contributed by atoms with van der Waals surface area (Å²) < 4.78 is 5.71. The van der Waals surface area contributed by atoms with Gasteiger partial charge in [0.05, 0.1) is 12.3 Å². The van der Waals surface area contributed by atoms with Gasteiger partial charge < -0.3 is 9.84 Å². The van der Waals surface area contributed by atoms with Gasteiger partial charge in [-0.25, -0.2) is 9.97 Å². The standard InChI is InChI=1S/C12H20N2O2/c1-5-12(4,16-6-2)11-13-9(3)7-10(8-15)14-11/h7,15H,5-6,8H2,1-4H3. The molecule has 0 aliphatic carbocycles. The highest BCUT2D eigenvalue weighted by Gasteiger charge is 2.28. The average Bonchev–Trinajstić information content (AvgIpc) is 2.28. The lowest BCUT2D eigenvalue weighted by atomic mass is 10.0. The van der Waals surface area contributed by atoms with E-state index < -0.39 is 5.60 Å². The Morgan fingerprint density at radius 3 is 2.56 bits per heavy atom. The van der Waals surface area contributed by atoms with Crippen molar-refractivity contribution in [2.24, 2.45) is 0 Å². The van der Waals surface area contributed by atoms with Crippen LogP contribution in [0.2, 0.25) is 0 Å². The molecule has 0 saturated carbocycles. The number of ether oxygens (including phenoxy) is 1. The van der Waals surface area contributed by atoms with Crippen molar-refractivity contribution in [3.05, 3.63) is 23.3 Å². The summed E-state index contributed by atoms with van der Waals surface area (Å²) in [5, 5.41) is 9.12. The maximum absolute atomic E-state index is 9.12. The van der Waals surface area contributed by atoms with Crippen LogP contribution in [0, 0.1) is 6.92 Å². The zero-order valence-electron chi connectivity index (χ0n) is 10.4. The van der Waals surface area contributed by atoms with Gasteiger partial charge in [0.1, 0.15) is 5.60 Å². The lowest BCUT2D eigenvalue weighted by Crippen LogP contribution is -2.28. The normalized spacial score (nSPS) is 14.8. The van der Waals surface area contributed by atoms with E-state index in [1.54, 1.807) is 6.07 Å². The Labute approximate surface area is 96.7 Å². The highest BCUT2D eigenvalue weighted by molar-refractivity contribution is 5.13. The second kappa shape index (κ2) is 5.37. The van der Waals surface area contributed by atoms with E-state index in [0.717, 1.165) is 12.1 Å². The largest absolute Gasteiger partial charge is 0.390 e. The third-order valence-electron chi connectivity index (χ3n) is 2.68. The SMILES string of the molecule is CCOC(C)(CC)c1nc(C)cc(CO)n1. The summed E-state index contributed by atoms with van der Waals surface area (Å²) in [7, 11) is 0. The molecule has 0 fully saturated rings. The predicted molar refractivity (Wildman–Crippen MR) is 62.0 cm³/mol. The fourth-order valence-electron chi connectivity index (χ4n) is 1.59. The van der Waals surface area contributed by atoms with Crippen LogP contribution in [-0.4, -0.2) is 21.7 Å². The van der Waals surface area contributed by atoms with E-state index >= 15 is 0 Å². The Bertz CT molecular complexity index is 355. The molecule has 1 aromatic heterocycles. The first-order valence-electron chi connectivity index (χ1n) is 5.65. The van der Waals surface area contributed by atoms with E-state index in [1.807, 2.05) is 27.7 Å². The number of aromatic nitrogens is 2. The zero-order valence-corrected chi connectivity index (χ0v) is 10.4. The molecule has 0 aliphatic rings. The maximum Gasteiger partial charge on any atom is 0.160 e. The van der Waals surface area contributed by atoms with Crippen molar-refractivity contribution >= 4 is 0 Å². The van der Waals surface area contributed by atoms with Crippen molar-refractivity contribution in [3.63, 3.8) is 0 Å². The molecule has 0 amide bonds. The van der Waals surface area contributed by atoms with Gasteiger partial charge in [0, 0.05) is 12.3 Å². The Balaban J connectivity index is 3.13. The van der Waals surface area contributed by atoms with Crippen LogP contribution in [0.3, 0.4) is 0 Å². The van der Waals surface area contributed by atoms with E-state index in [-0.39, 0.29) is 6.61 Å². The molecule has 0 radical (unpaired) electrons. The van der Waals surface area contributed by atoms with Gasteiger partial charge in [-0.05, 0) is 33.3 Å². The minimum Gasteiger partial charge on any atom is -0.390 e. The zero-order chi connectivity index (χ0) is 12.2. The van der Waals surface area contributed by atoms with Gasteiger partial charge in [-0.3, -0.25) is 0 Å². The van der Waals surface area contributed by atoms with E-state index in [0.29, 0.717) is 18.1 Å². The van der Waals surface area contributed by atoms with Crippen molar-refractivity contribution in [1.29, 1.82) is 0 Å². The quantitative estimate of drug-likeness (QED) is 0.830. The average molecular weight is 224 g/mol. The molecule has 1 unspecified atom stereocenters. The number of nitrogens with zero attached hydrogens (tertiary/aromatic N) is 2. The van der Waals surface area contributed by atoms with Crippen LogP contribution in [0.1, 0.15) is 44.4 Å². The molecule has 1 rings (SSSR count). The molecule has 0 aliphatic heterocycles. The van der Waals surface area contributed by atoms with E-state index in [9.17, 15) is 0 Å². The number of hydrogen-bond acceptors (Lipinski definition) is 4. The first kappa shape index (κ1) is 13.1. The van der Waals surface area contributed by atoms with E-state index in [4.69, 9.17) is 9.84 Å². The molecular formula is C12H20N2O2. The smallest absolute Gasteiger partial charge is 0.160 e. The van der Waals surface area contributed by atoms with E-state index in [1.165, 1.54) is 0 Å². The van der Waals surface area contributed by atoms with Gasteiger partial charge in [0.2, 0.25) is 0 Å². The predicted octanol–water partition coefficient (Wildman–Crippen LogP) is 1.94. The van der Waals surface area contributed by atoms with Gasteiger partial charge in [0.25, 0.3) is 0 Å². The number of aryl methyl sites for hydroxylation is 1. The second-order valence-corrected chi connectivity index (χ2v) is 4.00. The topological polar surface area (TPSA) is 55.2 Å². The summed E-state index contributed by atoms with van der Waals surface area (Å²) in [4.78, 5) is 8.72. The number of aliphatic hydroxyl groups is 1. The van der Waals surface area contributed by atoms with Crippen LogP contribution < -0.4 is 0 Å². The summed E-state index contributed by atoms with van der Waals surface area (Å²) in [6.45, 7) is 8.42. The monoisotopic (exact) mass is 224 g/mol. The van der Waals surface area contributed by atoms with Gasteiger partial charge >= 0.3 is 0 Å². The Morgan fingerprint density at radius 2 is 2.06 bits per heavy atom. The van der Waals surface area contributed by atoms with Crippen LogP contribution in [0.5, 0.6) is 0 Å². The van der Waals surface area contributed by atoms with Crippen molar-refractivity contribution in [1.82, 2.24) is 9.97 Å².